The normalized spacial score (nSPS) is 11.9. The van der Waals surface area contributed by atoms with Crippen LogP contribution in [0.1, 0.15) is 40.0 Å². The molecular weight excluding hydrogens is 208 g/mol. The van der Waals surface area contributed by atoms with Gasteiger partial charge in [0, 0.05) is 25.6 Å². The first-order valence-electron chi connectivity index (χ1n) is 5.79. The summed E-state index contributed by atoms with van der Waals surface area (Å²) >= 11 is 0. The third-order valence-corrected chi connectivity index (χ3v) is 2.57. The number of carbonyl (C=O) groups is 2. The van der Waals surface area contributed by atoms with Crippen molar-refractivity contribution in [1.82, 2.24) is 10.2 Å². The van der Waals surface area contributed by atoms with E-state index >= 15 is 0 Å². The fourth-order valence-corrected chi connectivity index (χ4v) is 1.41. The minimum absolute atomic E-state index is 0.0930. The van der Waals surface area contributed by atoms with Crippen LogP contribution in [0.2, 0.25) is 0 Å². The second kappa shape index (κ2) is 7.96. The van der Waals surface area contributed by atoms with Gasteiger partial charge in [-0.05, 0) is 26.7 Å². The second-order valence-electron chi connectivity index (χ2n) is 3.77. The van der Waals surface area contributed by atoms with E-state index in [0.29, 0.717) is 19.5 Å². The Kier molecular flexibility index (Phi) is 7.33. The molecule has 0 aromatic carbocycles. The van der Waals surface area contributed by atoms with Gasteiger partial charge in [-0.25, -0.2) is 4.79 Å². The zero-order valence-corrected chi connectivity index (χ0v) is 10.3. The summed E-state index contributed by atoms with van der Waals surface area (Å²) in [5, 5.41) is 11.2. The van der Waals surface area contributed by atoms with E-state index in [4.69, 9.17) is 5.11 Å². The highest BCUT2D eigenvalue weighted by Gasteiger charge is 2.15. The fourth-order valence-electron chi connectivity index (χ4n) is 1.41. The van der Waals surface area contributed by atoms with E-state index < -0.39 is 5.97 Å². The molecule has 0 saturated carbocycles. The SMILES string of the molecule is CCC(C)N(CC)C(=O)NCCCC(=O)O. The van der Waals surface area contributed by atoms with Crippen molar-refractivity contribution in [2.75, 3.05) is 13.1 Å². The predicted molar refractivity (Wildman–Crippen MR) is 62.4 cm³/mol. The summed E-state index contributed by atoms with van der Waals surface area (Å²) in [5.74, 6) is -0.830. The molecule has 0 spiro atoms. The van der Waals surface area contributed by atoms with Gasteiger partial charge < -0.3 is 15.3 Å². The average molecular weight is 230 g/mol. The number of nitrogens with one attached hydrogen (secondary N) is 1. The van der Waals surface area contributed by atoms with E-state index in [0.717, 1.165) is 6.42 Å². The highest BCUT2D eigenvalue weighted by Crippen LogP contribution is 2.03. The molecule has 2 amide bonds. The van der Waals surface area contributed by atoms with Gasteiger partial charge in [0.15, 0.2) is 0 Å². The van der Waals surface area contributed by atoms with Crippen LogP contribution in [0, 0.1) is 0 Å². The van der Waals surface area contributed by atoms with Gasteiger partial charge in [-0.1, -0.05) is 6.92 Å². The second-order valence-corrected chi connectivity index (χ2v) is 3.77. The third kappa shape index (κ3) is 5.58. The van der Waals surface area contributed by atoms with Gasteiger partial charge in [-0.3, -0.25) is 4.79 Å². The maximum Gasteiger partial charge on any atom is 0.317 e. The van der Waals surface area contributed by atoms with Crippen molar-refractivity contribution in [3.8, 4) is 0 Å². The maximum absolute atomic E-state index is 11.7. The number of carbonyl (C=O) groups excluding carboxylic acids is 1. The Labute approximate surface area is 96.8 Å². The number of urea groups is 1. The summed E-state index contributed by atoms with van der Waals surface area (Å²) in [6.07, 6.45) is 1.48. The Morgan fingerprint density at radius 1 is 1.38 bits per heavy atom. The quantitative estimate of drug-likeness (QED) is 0.654. The summed E-state index contributed by atoms with van der Waals surface area (Å²) in [7, 11) is 0. The molecule has 0 saturated heterocycles. The van der Waals surface area contributed by atoms with Crippen LogP contribution < -0.4 is 5.32 Å². The summed E-state index contributed by atoms with van der Waals surface area (Å²) in [5.41, 5.74) is 0. The lowest BCUT2D eigenvalue weighted by atomic mass is 10.2. The molecule has 16 heavy (non-hydrogen) atoms. The van der Waals surface area contributed by atoms with Crippen LogP contribution >= 0.6 is 0 Å². The molecule has 0 radical (unpaired) electrons. The Hall–Kier alpha value is -1.26. The summed E-state index contributed by atoms with van der Waals surface area (Å²) in [6.45, 7) is 7.05. The number of hydrogen-bond acceptors (Lipinski definition) is 2. The zero-order valence-electron chi connectivity index (χ0n) is 10.3. The Balaban J connectivity index is 3.89. The smallest absolute Gasteiger partial charge is 0.317 e. The molecule has 0 aliphatic heterocycles. The van der Waals surface area contributed by atoms with Crippen LogP contribution in [-0.4, -0.2) is 41.1 Å². The number of carboxylic acids is 1. The monoisotopic (exact) mass is 230 g/mol. The van der Waals surface area contributed by atoms with Crippen LogP contribution in [0.25, 0.3) is 0 Å². The summed E-state index contributed by atoms with van der Waals surface area (Å²) in [6, 6.07) is 0.103. The van der Waals surface area contributed by atoms with E-state index in [2.05, 4.69) is 5.32 Å². The molecule has 0 aliphatic carbocycles. The average Bonchev–Trinajstić information content (AvgIpc) is 2.24. The molecule has 5 heteroatoms. The molecule has 94 valence electrons. The number of nitrogens with zero attached hydrogens (tertiary/aromatic N) is 1. The number of hydrogen-bond donors (Lipinski definition) is 2. The Bertz CT molecular complexity index is 231. The van der Waals surface area contributed by atoms with Crippen LogP contribution in [0.15, 0.2) is 0 Å². The molecule has 2 N–H and O–H groups in total. The van der Waals surface area contributed by atoms with E-state index in [1.807, 2.05) is 20.8 Å². The maximum atomic E-state index is 11.7. The van der Waals surface area contributed by atoms with E-state index in [-0.39, 0.29) is 18.5 Å². The van der Waals surface area contributed by atoms with Gasteiger partial charge in [-0.15, -0.1) is 0 Å². The first-order valence-corrected chi connectivity index (χ1v) is 5.79. The van der Waals surface area contributed by atoms with Crippen molar-refractivity contribution in [2.24, 2.45) is 0 Å². The molecule has 0 rings (SSSR count). The minimum Gasteiger partial charge on any atom is -0.481 e. The van der Waals surface area contributed by atoms with Crippen molar-refractivity contribution in [3.05, 3.63) is 0 Å². The van der Waals surface area contributed by atoms with Gasteiger partial charge in [0.05, 0.1) is 0 Å². The molecule has 0 aromatic heterocycles. The van der Waals surface area contributed by atoms with Crippen molar-refractivity contribution in [1.29, 1.82) is 0 Å². The van der Waals surface area contributed by atoms with Gasteiger partial charge in [0.1, 0.15) is 0 Å². The topological polar surface area (TPSA) is 69.6 Å². The molecule has 0 bridgehead atoms. The number of aliphatic carboxylic acids is 1. The molecular formula is C11H22N2O3. The number of carboxylic acid groups (broad SMARTS) is 1. The van der Waals surface area contributed by atoms with Crippen molar-refractivity contribution >= 4 is 12.0 Å². The molecule has 0 fully saturated rings. The molecule has 1 unspecified atom stereocenters. The van der Waals surface area contributed by atoms with E-state index in [1.54, 1.807) is 4.90 Å². The third-order valence-electron chi connectivity index (χ3n) is 2.57. The first-order chi connectivity index (χ1) is 7.52. The number of amides is 2. The lowest BCUT2D eigenvalue weighted by Crippen LogP contribution is -2.45. The van der Waals surface area contributed by atoms with Crippen LogP contribution in [0.5, 0.6) is 0 Å². The number of rotatable bonds is 7. The summed E-state index contributed by atoms with van der Waals surface area (Å²) in [4.78, 5) is 23.7. The van der Waals surface area contributed by atoms with Crippen LogP contribution in [-0.2, 0) is 4.79 Å². The van der Waals surface area contributed by atoms with Crippen molar-refractivity contribution in [3.63, 3.8) is 0 Å². The van der Waals surface area contributed by atoms with Crippen molar-refractivity contribution < 1.29 is 14.7 Å². The highest BCUT2D eigenvalue weighted by molar-refractivity contribution is 5.74. The molecule has 0 aliphatic rings. The van der Waals surface area contributed by atoms with Gasteiger partial charge in [-0.2, -0.15) is 0 Å². The van der Waals surface area contributed by atoms with Gasteiger partial charge in [0.25, 0.3) is 0 Å². The zero-order chi connectivity index (χ0) is 12.6. The Morgan fingerprint density at radius 2 is 2.00 bits per heavy atom. The minimum atomic E-state index is -0.830. The fraction of sp³-hybridized carbons (Fsp3) is 0.818. The standard InChI is InChI=1S/C11H22N2O3/c1-4-9(3)13(5-2)11(16)12-8-6-7-10(14)15/h9H,4-8H2,1-3H3,(H,12,16)(H,14,15). The van der Waals surface area contributed by atoms with Crippen LogP contribution in [0.3, 0.4) is 0 Å². The highest BCUT2D eigenvalue weighted by atomic mass is 16.4. The van der Waals surface area contributed by atoms with Gasteiger partial charge in [0.2, 0.25) is 0 Å². The lowest BCUT2D eigenvalue weighted by molar-refractivity contribution is -0.137. The molecule has 5 nitrogen and oxygen atoms in total. The largest absolute Gasteiger partial charge is 0.481 e. The van der Waals surface area contributed by atoms with E-state index in [9.17, 15) is 9.59 Å². The molecule has 0 aromatic rings. The predicted octanol–water partition coefficient (Wildman–Crippen LogP) is 1.68. The Morgan fingerprint density at radius 3 is 2.44 bits per heavy atom. The van der Waals surface area contributed by atoms with Crippen LogP contribution in [0.4, 0.5) is 4.79 Å². The lowest BCUT2D eigenvalue weighted by Gasteiger charge is -2.27. The summed E-state index contributed by atoms with van der Waals surface area (Å²) < 4.78 is 0. The van der Waals surface area contributed by atoms with Crippen molar-refractivity contribution in [2.45, 2.75) is 46.1 Å². The van der Waals surface area contributed by atoms with E-state index in [1.165, 1.54) is 0 Å². The first kappa shape index (κ1) is 14.7. The van der Waals surface area contributed by atoms with Gasteiger partial charge >= 0.3 is 12.0 Å². The molecule has 0 heterocycles. The molecule has 1 atom stereocenters.